The molecule has 0 N–H and O–H groups in total. The Labute approximate surface area is 144 Å². The fourth-order valence-corrected chi connectivity index (χ4v) is 3.23. The van der Waals surface area contributed by atoms with E-state index in [0.717, 1.165) is 44.9 Å². The monoisotopic (exact) mass is 328 g/mol. The molecule has 0 radical (unpaired) electrons. The molecular formula is C19H28N4O. The SMILES string of the molecule is CN(C)CC[C@@H]1CN(Cc2cn(C)nc2-c2ccccc2)CCO1. The summed E-state index contributed by atoms with van der Waals surface area (Å²) < 4.78 is 7.85. The maximum absolute atomic E-state index is 5.93. The van der Waals surface area contributed by atoms with Gasteiger partial charge in [-0.1, -0.05) is 30.3 Å². The zero-order valence-electron chi connectivity index (χ0n) is 15.0. The molecule has 0 amide bonds. The van der Waals surface area contributed by atoms with Crippen LogP contribution in [0.2, 0.25) is 0 Å². The van der Waals surface area contributed by atoms with Crippen molar-refractivity contribution in [2.24, 2.45) is 7.05 Å². The molecule has 0 unspecified atom stereocenters. The molecule has 2 aromatic rings. The number of rotatable bonds is 6. The van der Waals surface area contributed by atoms with Crippen molar-refractivity contribution >= 4 is 0 Å². The predicted molar refractivity (Wildman–Crippen MR) is 96.8 cm³/mol. The Morgan fingerprint density at radius 3 is 2.79 bits per heavy atom. The summed E-state index contributed by atoms with van der Waals surface area (Å²) in [4.78, 5) is 4.71. The van der Waals surface area contributed by atoms with Crippen LogP contribution in [0, 0.1) is 0 Å². The fraction of sp³-hybridized carbons (Fsp3) is 0.526. The van der Waals surface area contributed by atoms with Crippen LogP contribution >= 0.6 is 0 Å². The van der Waals surface area contributed by atoms with E-state index in [1.807, 2.05) is 17.8 Å². The van der Waals surface area contributed by atoms with Crippen molar-refractivity contribution in [3.8, 4) is 11.3 Å². The molecule has 1 atom stereocenters. The molecule has 3 rings (SSSR count). The van der Waals surface area contributed by atoms with Gasteiger partial charge < -0.3 is 9.64 Å². The summed E-state index contributed by atoms with van der Waals surface area (Å²) in [5.74, 6) is 0. The summed E-state index contributed by atoms with van der Waals surface area (Å²) in [6, 6.07) is 10.4. The van der Waals surface area contributed by atoms with Crippen molar-refractivity contribution in [1.82, 2.24) is 19.6 Å². The summed E-state index contributed by atoms with van der Waals surface area (Å²) in [6.45, 7) is 4.80. The van der Waals surface area contributed by atoms with Crippen LogP contribution in [-0.4, -0.2) is 66.0 Å². The second-order valence-corrected chi connectivity index (χ2v) is 6.86. The molecule has 1 fully saturated rings. The van der Waals surface area contributed by atoms with Crippen molar-refractivity contribution in [2.75, 3.05) is 40.3 Å². The molecule has 1 aliphatic rings. The summed E-state index contributed by atoms with van der Waals surface area (Å²) >= 11 is 0. The Bertz CT molecular complexity index is 638. The lowest BCUT2D eigenvalue weighted by Gasteiger charge is -2.33. The van der Waals surface area contributed by atoms with E-state index in [1.54, 1.807) is 0 Å². The first-order valence-electron chi connectivity index (χ1n) is 8.68. The molecule has 1 aromatic heterocycles. The van der Waals surface area contributed by atoms with Gasteiger partial charge in [0.05, 0.1) is 18.4 Å². The normalized spacial score (nSPS) is 19.1. The average Bonchev–Trinajstić information content (AvgIpc) is 2.94. The lowest BCUT2D eigenvalue weighted by atomic mass is 10.1. The number of nitrogens with zero attached hydrogens (tertiary/aromatic N) is 4. The van der Waals surface area contributed by atoms with Gasteiger partial charge in [-0.3, -0.25) is 9.58 Å². The van der Waals surface area contributed by atoms with Crippen molar-refractivity contribution in [1.29, 1.82) is 0 Å². The third kappa shape index (κ3) is 4.44. The van der Waals surface area contributed by atoms with Gasteiger partial charge in [0.2, 0.25) is 0 Å². The number of hydrogen-bond donors (Lipinski definition) is 0. The van der Waals surface area contributed by atoms with E-state index < -0.39 is 0 Å². The molecule has 5 heteroatoms. The van der Waals surface area contributed by atoms with Crippen molar-refractivity contribution < 1.29 is 4.74 Å². The highest BCUT2D eigenvalue weighted by molar-refractivity contribution is 5.62. The Balaban J connectivity index is 1.68. The second kappa shape index (κ2) is 7.92. The highest BCUT2D eigenvalue weighted by atomic mass is 16.5. The van der Waals surface area contributed by atoms with Crippen LogP contribution in [0.3, 0.4) is 0 Å². The van der Waals surface area contributed by atoms with E-state index >= 15 is 0 Å². The van der Waals surface area contributed by atoms with Crippen LogP contribution in [0.5, 0.6) is 0 Å². The molecule has 0 bridgehead atoms. The van der Waals surface area contributed by atoms with Gasteiger partial charge in [-0.05, 0) is 20.5 Å². The molecule has 24 heavy (non-hydrogen) atoms. The van der Waals surface area contributed by atoms with Gasteiger partial charge in [-0.2, -0.15) is 5.10 Å². The van der Waals surface area contributed by atoms with E-state index in [9.17, 15) is 0 Å². The minimum atomic E-state index is 0.331. The lowest BCUT2D eigenvalue weighted by Crippen LogP contribution is -2.42. The summed E-state index contributed by atoms with van der Waals surface area (Å²) in [5.41, 5.74) is 3.57. The summed E-state index contributed by atoms with van der Waals surface area (Å²) in [5, 5.41) is 4.68. The van der Waals surface area contributed by atoms with Crippen LogP contribution < -0.4 is 0 Å². The van der Waals surface area contributed by atoms with Crippen molar-refractivity contribution in [3.05, 3.63) is 42.1 Å². The first-order valence-corrected chi connectivity index (χ1v) is 8.68. The first kappa shape index (κ1) is 17.1. The van der Waals surface area contributed by atoms with Gasteiger partial charge in [-0.15, -0.1) is 0 Å². The molecular weight excluding hydrogens is 300 g/mol. The molecule has 1 aliphatic heterocycles. The molecule has 0 saturated carbocycles. The number of aromatic nitrogens is 2. The number of morpholine rings is 1. The van der Waals surface area contributed by atoms with E-state index in [1.165, 1.54) is 11.1 Å². The van der Waals surface area contributed by atoms with E-state index in [4.69, 9.17) is 4.74 Å². The standard InChI is InChI=1S/C19H28N4O/c1-21(2)10-9-18-15-23(11-12-24-18)14-17-13-22(3)20-19(17)16-7-5-4-6-8-16/h4-8,13,18H,9-12,14-15H2,1-3H3/t18-/m1/s1. The topological polar surface area (TPSA) is 33.5 Å². The van der Waals surface area contributed by atoms with E-state index in [0.29, 0.717) is 6.10 Å². The minimum Gasteiger partial charge on any atom is -0.376 e. The third-order valence-electron chi connectivity index (χ3n) is 4.47. The molecule has 0 aliphatic carbocycles. The first-order chi connectivity index (χ1) is 11.6. The lowest BCUT2D eigenvalue weighted by molar-refractivity contribution is -0.0369. The molecule has 1 saturated heterocycles. The number of ether oxygens (including phenoxy) is 1. The van der Waals surface area contributed by atoms with E-state index in [2.05, 4.69) is 59.5 Å². The van der Waals surface area contributed by atoms with Crippen LogP contribution in [0.4, 0.5) is 0 Å². The molecule has 1 aromatic carbocycles. The predicted octanol–water partition coefficient (Wildman–Crippen LogP) is 2.24. The van der Waals surface area contributed by atoms with Crippen molar-refractivity contribution in [3.63, 3.8) is 0 Å². The summed E-state index contributed by atoms with van der Waals surface area (Å²) in [6.07, 6.45) is 3.56. The maximum atomic E-state index is 5.93. The Kier molecular flexibility index (Phi) is 5.66. The van der Waals surface area contributed by atoms with Gasteiger partial charge in [0.1, 0.15) is 0 Å². The van der Waals surface area contributed by atoms with Crippen LogP contribution in [-0.2, 0) is 18.3 Å². The van der Waals surface area contributed by atoms with Crippen LogP contribution in [0.15, 0.2) is 36.5 Å². The van der Waals surface area contributed by atoms with Gasteiger partial charge in [0.15, 0.2) is 0 Å². The number of hydrogen-bond acceptors (Lipinski definition) is 4. The van der Waals surface area contributed by atoms with E-state index in [-0.39, 0.29) is 0 Å². The quantitative estimate of drug-likeness (QED) is 0.814. The van der Waals surface area contributed by atoms with Crippen LogP contribution in [0.1, 0.15) is 12.0 Å². The zero-order chi connectivity index (χ0) is 16.9. The fourth-order valence-electron chi connectivity index (χ4n) is 3.23. The molecule has 130 valence electrons. The average molecular weight is 328 g/mol. The highest BCUT2D eigenvalue weighted by Crippen LogP contribution is 2.23. The highest BCUT2D eigenvalue weighted by Gasteiger charge is 2.22. The van der Waals surface area contributed by atoms with Gasteiger partial charge in [-0.25, -0.2) is 0 Å². The Morgan fingerprint density at radius 1 is 1.25 bits per heavy atom. The van der Waals surface area contributed by atoms with Crippen LogP contribution in [0.25, 0.3) is 11.3 Å². The van der Waals surface area contributed by atoms with Gasteiger partial charge in [0.25, 0.3) is 0 Å². The third-order valence-corrected chi connectivity index (χ3v) is 4.47. The Hall–Kier alpha value is -1.69. The minimum absolute atomic E-state index is 0.331. The van der Waals surface area contributed by atoms with Gasteiger partial charge >= 0.3 is 0 Å². The largest absolute Gasteiger partial charge is 0.376 e. The number of benzene rings is 1. The molecule has 5 nitrogen and oxygen atoms in total. The number of aryl methyl sites for hydroxylation is 1. The zero-order valence-corrected chi connectivity index (χ0v) is 15.0. The smallest absolute Gasteiger partial charge is 0.0968 e. The Morgan fingerprint density at radius 2 is 2.04 bits per heavy atom. The second-order valence-electron chi connectivity index (χ2n) is 6.86. The maximum Gasteiger partial charge on any atom is 0.0968 e. The van der Waals surface area contributed by atoms with Gasteiger partial charge in [0, 0.05) is 50.6 Å². The molecule has 2 heterocycles. The summed E-state index contributed by atoms with van der Waals surface area (Å²) in [7, 11) is 6.22. The van der Waals surface area contributed by atoms with Crippen molar-refractivity contribution in [2.45, 2.75) is 19.1 Å². The molecule has 0 spiro atoms.